The summed E-state index contributed by atoms with van der Waals surface area (Å²) in [6, 6.07) is 13.1. The summed E-state index contributed by atoms with van der Waals surface area (Å²) in [5.74, 6) is -0.214. The quantitative estimate of drug-likeness (QED) is 0.640. The highest BCUT2D eigenvalue weighted by atomic mass is 16.3. The van der Waals surface area contributed by atoms with Crippen LogP contribution in [-0.2, 0) is 0 Å². The molecular weight excluding hydrogens is 228 g/mol. The zero-order chi connectivity index (χ0) is 13.0. The Bertz CT molecular complexity index is 586. The van der Waals surface area contributed by atoms with Crippen LogP contribution in [-0.4, -0.2) is 16.0 Å². The fourth-order valence-electron chi connectivity index (χ4n) is 1.54. The second-order valence-corrected chi connectivity index (χ2v) is 3.81. The molecule has 0 saturated carbocycles. The fraction of sp³-hybridized carbons (Fsp3) is 0. The van der Waals surface area contributed by atoms with Gasteiger partial charge in [0.2, 0.25) is 0 Å². The maximum atomic E-state index is 11.8. The van der Waals surface area contributed by atoms with Crippen LogP contribution in [0.25, 0.3) is 6.08 Å². The first-order chi connectivity index (χ1) is 8.66. The van der Waals surface area contributed by atoms with E-state index < -0.39 is 0 Å². The van der Waals surface area contributed by atoms with E-state index >= 15 is 0 Å². The summed E-state index contributed by atoms with van der Waals surface area (Å²) in [7, 11) is 0. The van der Waals surface area contributed by atoms with Gasteiger partial charge in [-0.1, -0.05) is 30.3 Å². The third-order valence-corrected chi connectivity index (χ3v) is 2.49. The van der Waals surface area contributed by atoms with Gasteiger partial charge in [0.05, 0.1) is 0 Å². The molecule has 0 fully saturated rings. The third-order valence-electron chi connectivity index (χ3n) is 2.49. The summed E-state index contributed by atoms with van der Waals surface area (Å²) in [5.41, 5.74) is 1.07. The van der Waals surface area contributed by atoms with E-state index in [9.17, 15) is 9.90 Å². The lowest BCUT2D eigenvalue weighted by Gasteiger charge is -1.99. The summed E-state index contributed by atoms with van der Waals surface area (Å²) in [4.78, 5) is 11.8. The minimum atomic E-state index is -0.136. The van der Waals surface area contributed by atoms with Crippen LogP contribution in [0.1, 0.15) is 15.9 Å². The lowest BCUT2D eigenvalue weighted by Crippen LogP contribution is -1.92. The zero-order valence-electron chi connectivity index (χ0n) is 9.58. The SMILES string of the molecule is O=C(/C=C\c1ccc(O)cc1O)c1ccccc1. The third kappa shape index (κ3) is 2.77. The topological polar surface area (TPSA) is 57.5 Å². The zero-order valence-corrected chi connectivity index (χ0v) is 9.58. The van der Waals surface area contributed by atoms with Gasteiger partial charge in [0.15, 0.2) is 5.78 Å². The van der Waals surface area contributed by atoms with Crippen molar-refractivity contribution < 1.29 is 15.0 Å². The van der Waals surface area contributed by atoms with Gasteiger partial charge in [-0.2, -0.15) is 0 Å². The van der Waals surface area contributed by atoms with Crippen molar-refractivity contribution in [3.8, 4) is 11.5 Å². The van der Waals surface area contributed by atoms with Gasteiger partial charge in [-0.3, -0.25) is 4.79 Å². The second-order valence-electron chi connectivity index (χ2n) is 3.81. The molecule has 0 heterocycles. The van der Waals surface area contributed by atoms with Crippen LogP contribution in [0.4, 0.5) is 0 Å². The summed E-state index contributed by atoms with van der Waals surface area (Å²) in [6.45, 7) is 0. The highest BCUT2D eigenvalue weighted by Gasteiger charge is 2.02. The van der Waals surface area contributed by atoms with E-state index in [-0.39, 0.29) is 17.3 Å². The van der Waals surface area contributed by atoms with E-state index in [1.165, 1.54) is 24.3 Å². The number of benzene rings is 2. The van der Waals surface area contributed by atoms with Crippen LogP contribution in [0.5, 0.6) is 11.5 Å². The molecule has 0 aromatic heterocycles. The lowest BCUT2D eigenvalue weighted by molar-refractivity contribution is 0.104. The number of phenolic OH excluding ortho intramolecular Hbond substituents is 2. The van der Waals surface area contributed by atoms with Crippen LogP contribution >= 0.6 is 0 Å². The molecule has 2 aromatic rings. The standard InChI is InChI=1S/C15H12O3/c16-13-8-6-12(15(18)10-13)7-9-14(17)11-4-2-1-3-5-11/h1-10,16,18H/b9-7-. The number of carbonyl (C=O) groups is 1. The molecule has 3 heteroatoms. The van der Waals surface area contributed by atoms with E-state index in [0.717, 1.165) is 0 Å². The van der Waals surface area contributed by atoms with E-state index in [2.05, 4.69) is 0 Å². The van der Waals surface area contributed by atoms with Crippen LogP contribution < -0.4 is 0 Å². The Kier molecular flexibility index (Phi) is 3.44. The van der Waals surface area contributed by atoms with Crippen LogP contribution in [0, 0.1) is 0 Å². The Morgan fingerprint density at radius 1 is 1.00 bits per heavy atom. The van der Waals surface area contributed by atoms with Crippen molar-refractivity contribution in [3.63, 3.8) is 0 Å². The first kappa shape index (κ1) is 11.9. The highest BCUT2D eigenvalue weighted by molar-refractivity contribution is 6.06. The van der Waals surface area contributed by atoms with Crippen molar-refractivity contribution in [3.05, 3.63) is 65.7 Å². The largest absolute Gasteiger partial charge is 0.508 e. The number of phenols is 2. The Labute approximate surface area is 105 Å². The van der Waals surface area contributed by atoms with Crippen LogP contribution in [0.3, 0.4) is 0 Å². The number of allylic oxidation sites excluding steroid dienone is 1. The average molecular weight is 240 g/mol. The van der Waals surface area contributed by atoms with Gasteiger partial charge in [0, 0.05) is 17.2 Å². The molecule has 90 valence electrons. The van der Waals surface area contributed by atoms with Crippen molar-refractivity contribution in [2.75, 3.05) is 0 Å². The summed E-state index contributed by atoms with van der Waals surface area (Å²) in [6.07, 6.45) is 2.91. The number of rotatable bonds is 3. The Morgan fingerprint density at radius 2 is 1.72 bits per heavy atom. The molecule has 0 atom stereocenters. The smallest absolute Gasteiger partial charge is 0.185 e. The Hall–Kier alpha value is -2.55. The molecule has 0 radical (unpaired) electrons. The van der Waals surface area contributed by atoms with E-state index in [4.69, 9.17) is 5.11 Å². The first-order valence-corrected chi connectivity index (χ1v) is 5.46. The van der Waals surface area contributed by atoms with Crippen molar-refractivity contribution in [2.45, 2.75) is 0 Å². The number of hydrogen-bond donors (Lipinski definition) is 2. The molecule has 0 bridgehead atoms. The molecule has 0 unspecified atom stereocenters. The molecule has 0 spiro atoms. The summed E-state index contributed by atoms with van der Waals surface area (Å²) >= 11 is 0. The predicted octanol–water partition coefficient (Wildman–Crippen LogP) is 2.99. The molecule has 2 N–H and O–H groups in total. The number of hydrogen-bond acceptors (Lipinski definition) is 3. The molecule has 0 aliphatic carbocycles. The Morgan fingerprint density at radius 3 is 2.39 bits per heavy atom. The van der Waals surface area contributed by atoms with Gasteiger partial charge in [0.1, 0.15) is 11.5 Å². The van der Waals surface area contributed by atoms with Crippen LogP contribution in [0.2, 0.25) is 0 Å². The summed E-state index contributed by atoms with van der Waals surface area (Å²) in [5, 5.41) is 18.7. The normalized spacial score (nSPS) is 10.7. The minimum absolute atomic E-state index is 0.0148. The van der Waals surface area contributed by atoms with E-state index in [1.54, 1.807) is 30.3 Å². The van der Waals surface area contributed by atoms with Gasteiger partial charge in [-0.05, 0) is 24.3 Å². The molecule has 18 heavy (non-hydrogen) atoms. The molecule has 0 aliphatic rings. The lowest BCUT2D eigenvalue weighted by atomic mass is 10.1. The highest BCUT2D eigenvalue weighted by Crippen LogP contribution is 2.23. The summed E-state index contributed by atoms with van der Waals surface area (Å²) < 4.78 is 0. The number of ketones is 1. The molecule has 2 aromatic carbocycles. The van der Waals surface area contributed by atoms with Crippen molar-refractivity contribution >= 4 is 11.9 Å². The Balaban J connectivity index is 2.19. The van der Waals surface area contributed by atoms with Crippen molar-refractivity contribution in [2.24, 2.45) is 0 Å². The first-order valence-electron chi connectivity index (χ1n) is 5.46. The molecule has 0 saturated heterocycles. The molecule has 0 amide bonds. The van der Waals surface area contributed by atoms with Gasteiger partial charge in [0.25, 0.3) is 0 Å². The van der Waals surface area contributed by atoms with Crippen molar-refractivity contribution in [1.82, 2.24) is 0 Å². The number of carbonyl (C=O) groups excluding carboxylic acids is 1. The monoisotopic (exact) mass is 240 g/mol. The second kappa shape index (κ2) is 5.19. The average Bonchev–Trinajstić information content (AvgIpc) is 2.38. The number of aromatic hydroxyl groups is 2. The van der Waals surface area contributed by atoms with Gasteiger partial charge in [-0.25, -0.2) is 0 Å². The van der Waals surface area contributed by atoms with Crippen molar-refractivity contribution in [1.29, 1.82) is 0 Å². The van der Waals surface area contributed by atoms with E-state index in [1.807, 2.05) is 6.07 Å². The maximum Gasteiger partial charge on any atom is 0.185 e. The van der Waals surface area contributed by atoms with E-state index in [0.29, 0.717) is 11.1 Å². The van der Waals surface area contributed by atoms with Gasteiger partial charge < -0.3 is 10.2 Å². The molecular formula is C15H12O3. The fourth-order valence-corrected chi connectivity index (χ4v) is 1.54. The van der Waals surface area contributed by atoms with Gasteiger partial charge >= 0.3 is 0 Å². The maximum absolute atomic E-state index is 11.8. The molecule has 2 rings (SSSR count). The molecule has 3 nitrogen and oxygen atoms in total. The minimum Gasteiger partial charge on any atom is -0.508 e. The van der Waals surface area contributed by atoms with Gasteiger partial charge in [-0.15, -0.1) is 0 Å². The molecule has 0 aliphatic heterocycles. The predicted molar refractivity (Wildman–Crippen MR) is 69.6 cm³/mol. The van der Waals surface area contributed by atoms with Crippen LogP contribution in [0.15, 0.2) is 54.6 Å².